The third kappa shape index (κ3) is 28.6. The van der Waals surface area contributed by atoms with Gasteiger partial charge in [0.15, 0.2) is 0 Å². The number of ether oxygens (including phenoxy) is 1. The molecule has 4 heteroatoms. The topological polar surface area (TPSA) is 58.6 Å². The number of hydrogen-bond donors (Lipinski definition) is 2. The summed E-state index contributed by atoms with van der Waals surface area (Å²) in [5.74, 6) is 1.90. The first-order valence-corrected chi connectivity index (χ1v) is 19.6. The van der Waals surface area contributed by atoms with Crippen molar-refractivity contribution in [3.63, 3.8) is 0 Å². The van der Waals surface area contributed by atoms with Gasteiger partial charge in [-0.3, -0.25) is 4.79 Å². The number of unbranched alkanes of at least 4 members (excludes halogenated alkanes) is 24. The van der Waals surface area contributed by atoms with Gasteiger partial charge in [0, 0.05) is 20.1 Å². The summed E-state index contributed by atoms with van der Waals surface area (Å²) in [5.41, 5.74) is 0. The molecule has 0 saturated heterocycles. The van der Waals surface area contributed by atoms with Gasteiger partial charge in [-0.25, -0.2) is 0 Å². The molecule has 2 N–H and O–H groups in total. The summed E-state index contributed by atoms with van der Waals surface area (Å²) in [4.78, 5) is 12.1. The van der Waals surface area contributed by atoms with Crippen LogP contribution in [0, 0.1) is 11.8 Å². The van der Waals surface area contributed by atoms with Gasteiger partial charge in [0.2, 0.25) is 5.91 Å². The fourth-order valence-corrected chi connectivity index (χ4v) is 6.89. The minimum atomic E-state index is -0.268. The number of carbonyl (C=O) groups excluding carboxylic acids is 1. The van der Waals surface area contributed by atoms with E-state index in [1.54, 1.807) is 7.11 Å². The summed E-state index contributed by atoms with van der Waals surface area (Å²) in [6.07, 6.45) is 41.0. The lowest BCUT2D eigenvalue weighted by atomic mass is 9.83. The van der Waals surface area contributed by atoms with Crippen molar-refractivity contribution < 1.29 is 14.6 Å². The predicted octanol–water partition coefficient (Wildman–Crippen LogP) is 11.5. The second kappa shape index (κ2) is 31.4. The number of aliphatic hydroxyl groups is 1. The molecule has 1 amide bonds. The van der Waals surface area contributed by atoms with Gasteiger partial charge in [0.1, 0.15) is 0 Å². The fourth-order valence-electron chi connectivity index (χ4n) is 6.89. The van der Waals surface area contributed by atoms with Gasteiger partial charge in [-0.05, 0) is 37.5 Å². The Balaban J connectivity index is 1.66. The molecule has 256 valence electrons. The first-order chi connectivity index (χ1) is 21.1. The summed E-state index contributed by atoms with van der Waals surface area (Å²) in [6.45, 7) is 3.75. The van der Waals surface area contributed by atoms with E-state index in [1.165, 1.54) is 173 Å². The lowest BCUT2D eigenvalue weighted by molar-refractivity contribution is -0.121. The molecule has 4 nitrogen and oxygen atoms in total. The van der Waals surface area contributed by atoms with E-state index in [4.69, 9.17) is 4.74 Å². The molecule has 0 heterocycles. The average molecular weight is 608 g/mol. The van der Waals surface area contributed by atoms with Gasteiger partial charge in [-0.1, -0.05) is 174 Å². The van der Waals surface area contributed by atoms with E-state index in [0.717, 1.165) is 44.1 Å². The minimum Gasteiger partial charge on any atom is -0.391 e. The van der Waals surface area contributed by atoms with Crippen molar-refractivity contribution in [3.05, 3.63) is 0 Å². The maximum absolute atomic E-state index is 12.1. The van der Waals surface area contributed by atoms with E-state index >= 15 is 0 Å². The zero-order chi connectivity index (χ0) is 31.1. The molecule has 0 aromatic heterocycles. The van der Waals surface area contributed by atoms with Crippen LogP contribution in [0.2, 0.25) is 0 Å². The highest BCUT2D eigenvalue weighted by Gasteiger charge is 2.18. The Labute approximate surface area is 269 Å². The molecule has 0 bridgehead atoms. The SMILES string of the molecule is COCC(O)CCCCCCCCCCCCCCCCCCCCCCCCCCCC(=O)NCC1CCC(C)CC1. The third-order valence-electron chi connectivity index (χ3n) is 10.0. The number of amides is 1. The standard InChI is InChI=1S/C39H77NO3/c1-36-30-32-37(33-31-36)34-40-39(42)29-27-25-23-21-19-17-15-13-11-9-7-5-3-4-6-8-10-12-14-16-18-20-22-24-26-28-38(41)35-43-2/h36-38,41H,3-35H2,1-2H3,(H,40,42). The number of aliphatic hydroxyl groups excluding tert-OH is 1. The van der Waals surface area contributed by atoms with Gasteiger partial charge in [0.25, 0.3) is 0 Å². The van der Waals surface area contributed by atoms with Crippen molar-refractivity contribution in [1.29, 1.82) is 0 Å². The summed E-state index contributed by atoms with van der Waals surface area (Å²) in [7, 11) is 1.66. The van der Waals surface area contributed by atoms with Crippen molar-refractivity contribution in [3.8, 4) is 0 Å². The molecule has 0 radical (unpaired) electrons. The number of nitrogens with one attached hydrogen (secondary N) is 1. The fraction of sp³-hybridized carbons (Fsp3) is 0.974. The molecule has 1 unspecified atom stereocenters. The Bertz CT molecular complexity index is 575. The first-order valence-electron chi connectivity index (χ1n) is 19.6. The lowest BCUT2D eigenvalue weighted by Gasteiger charge is -2.26. The van der Waals surface area contributed by atoms with E-state index in [1.807, 2.05) is 0 Å². The van der Waals surface area contributed by atoms with Crippen LogP contribution in [-0.2, 0) is 9.53 Å². The molecule has 1 rings (SSSR count). The van der Waals surface area contributed by atoms with Crippen LogP contribution >= 0.6 is 0 Å². The molecule has 1 aliphatic carbocycles. The molecular formula is C39H77NO3. The Kier molecular flexibility index (Phi) is 29.5. The Morgan fingerprint density at radius 3 is 1.33 bits per heavy atom. The predicted molar refractivity (Wildman–Crippen MR) is 187 cm³/mol. The average Bonchev–Trinajstić information content (AvgIpc) is 3.00. The number of carbonyl (C=O) groups is 1. The van der Waals surface area contributed by atoms with Crippen LogP contribution in [0.4, 0.5) is 0 Å². The summed E-state index contributed by atoms with van der Waals surface area (Å²) in [6, 6.07) is 0. The van der Waals surface area contributed by atoms with E-state index in [2.05, 4.69) is 12.2 Å². The first kappa shape index (κ1) is 40.4. The molecule has 0 aromatic rings. The van der Waals surface area contributed by atoms with Crippen molar-refractivity contribution >= 4 is 5.91 Å². The highest BCUT2D eigenvalue weighted by atomic mass is 16.5. The lowest BCUT2D eigenvalue weighted by Crippen LogP contribution is -2.30. The van der Waals surface area contributed by atoms with Crippen LogP contribution in [-0.4, -0.2) is 37.4 Å². The number of methoxy groups -OCH3 is 1. The van der Waals surface area contributed by atoms with Crippen molar-refractivity contribution in [2.45, 2.75) is 212 Å². The van der Waals surface area contributed by atoms with Gasteiger partial charge in [-0.2, -0.15) is 0 Å². The van der Waals surface area contributed by atoms with E-state index in [0.29, 0.717) is 6.61 Å². The van der Waals surface area contributed by atoms with Crippen molar-refractivity contribution in [1.82, 2.24) is 5.32 Å². The zero-order valence-corrected chi connectivity index (χ0v) is 29.3. The molecule has 0 aliphatic heterocycles. The highest BCUT2D eigenvalue weighted by Crippen LogP contribution is 2.27. The van der Waals surface area contributed by atoms with Gasteiger partial charge in [-0.15, -0.1) is 0 Å². The minimum absolute atomic E-state index is 0.268. The second-order valence-corrected chi connectivity index (χ2v) is 14.4. The molecule has 1 aliphatic rings. The van der Waals surface area contributed by atoms with Crippen LogP contribution in [0.1, 0.15) is 206 Å². The van der Waals surface area contributed by atoms with Crippen LogP contribution < -0.4 is 5.32 Å². The van der Waals surface area contributed by atoms with Crippen LogP contribution in [0.25, 0.3) is 0 Å². The Morgan fingerprint density at radius 2 is 0.953 bits per heavy atom. The van der Waals surface area contributed by atoms with Crippen LogP contribution in [0.3, 0.4) is 0 Å². The molecular weight excluding hydrogens is 530 g/mol. The molecule has 0 spiro atoms. The molecule has 43 heavy (non-hydrogen) atoms. The summed E-state index contributed by atoms with van der Waals surface area (Å²) < 4.78 is 4.97. The maximum atomic E-state index is 12.1. The molecule has 1 atom stereocenters. The highest BCUT2D eigenvalue weighted by molar-refractivity contribution is 5.75. The van der Waals surface area contributed by atoms with Crippen molar-refractivity contribution in [2.75, 3.05) is 20.3 Å². The molecule has 1 saturated carbocycles. The normalized spacial score (nSPS) is 17.7. The molecule has 1 fully saturated rings. The van der Waals surface area contributed by atoms with Crippen LogP contribution in [0.5, 0.6) is 0 Å². The van der Waals surface area contributed by atoms with E-state index in [-0.39, 0.29) is 12.0 Å². The monoisotopic (exact) mass is 608 g/mol. The largest absolute Gasteiger partial charge is 0.391 e. The summed E-state index contributed by atoms with van der Waals surface area (Å²) in [5, 5.41) is 12.8. The van der Waals surface area contributed by atoms with Gasteiger partial charge < -0.3 is 15.2 Å². The number of rotatable bonds is 32. The molecule has 0 aromatic carbocycles. The van der Waals surface area contributed by atoms with Crippen LogP contribution in [0.15, 0.2) is 0 Å². The third-order valence-corrected chi connectivity index (χ3v) is 10.0. The van der Waals surface area contributed by atoms with Gasteiger partial charge in [0.05, 0.1) is 12.7 Å². The quantitative estimate of drug-likeness (QED) is 0.0748. The Morgan fingerprint density at radius 1 is 0.605 bits per heavy atom. The smallest absolute Gasteiger partial charge is 0.220 e. The second-order valence-electron chi connectivity index (χ2n) is 14.4. The van der Waals surface area contributed by atoms with Gasteiger partial charge >= 0.3 is 0 Å². The number of hydrogen-bond acceptors (Lipinski definition) is 3. The Hall–Kier alpha value is -0.610. The summed E-state index contributed by atoms with van der Waals surface area (Å²) >= 11 is 0. The zero-order valence-electron chi connectivity index (χ0n) is 29.3. The van der Waals surface area contributed by atoms with Crippen molar-refractivity contribution in [2.24, 2.45) is 11.8 Å². The van der Waals surface area contributed by atoms with E-state index < -0.39 is 0 Å². The van der Waals surface area contributed by atoms with E-state index in [9.17, 15) is 9.90 Å². The maximum Gasteiger partial charge on any atom is 0.220 e.